The zero-order valence-electron chi connectivity index (χ0n) is 19.0. The van der Waals surface area contributed by atoms with E-state index in [4.69, 9.17) is 9.15 Å². The lowest BCUT2D eigenvalue weighted by Crippen LogP contribution is -2.26. The van der Waals surface area contributed by atoms with E-state index in [1.165, 1.54) is 10.9 Å². The highest BCUT2D eigenvalue weighted by Crippen LogP contribution is 2.27. The number of nitrogens with one attached hydrogen (secondary N) is 1. The number of hydrogen-bond donors (Lipinski definition) is 1. The summed E-state index contributed by atoms with van der Waals surface area (Å²) in [5.74, 6) is -1.14. The number of fused-ring (bicyclic) bond motifs is 1. The summed E-state index contributed by atoms with van der Waals surface area (Å²) in [6.45, 7) is 5.19. The number of para-hydroxylation sites is 1. The third kappa shape index (κ3) is 4.19. The van der Waals surface area contributed by atoms with Crippen molar-refractivity contribution in [3.05, 3.63) is 81.5 Å². The summed E-state index contributed by atoms with van der Waals surface area (Å²) in [4.78, 5) is 37.6. The third-order valence-electron chi connectivity index (χ3n) is 5.86. The van der Waals surface area contributed by atoms with Gasteiger partial charge in [0.25, 0.3) is 11.5 Å². The first-order chi connectivity index (χ1) is 15.8. The minimum atomic E-state index is -0.585. The van der Waals surface area contributed by atoms with Gasteiger partial charge in [-0.25, -0.2) is 4.68 Å². The average Bonchev–Trinajstić information content (AvgIpc) is 3.30. The standard InChI is InChI=1S/C25H25N3O5/c1-15-10-11-20-18(13-33-24(20)16(15)2)12-22(30)32-14-21(29)26-23-17(3)27(4)28(25(23)31)19-8-6-5-7-9-19/h5-11,13H,12,14H2,1-4H3,(H,26,29). The number of esters is 1. The molecule has 4 aromatic rings. The van der Waals surface area contributed by atoms with Crippen LogP contribution in [0.1, 0.15) is 22.4 Å². The van der Waals surface area contributed by atoms with Crippen molar-refractivity contribution in [2.24, 2.45) is 7.05 Å². The highest BCUT2D eigenvalue weighted by Gasteiger charge is 2.19. The van der Waals surface area contributed by atoms with Crippen molar-refractivity contribution in [1.82, 2.24) is 9.36 Å². The minimum Gasteiger partial charge on any atom is -0.464 e. The number of benzene rings is 2. The molecule has 1 N–H and O–H groups in total. The van der Waals surface area contributed by atoms with Gasteiger partial charge in [0.15, 0.2) is 6.61 Å². The van der Waals surface area contributed by atoms with Crippen molar-refractivity contribution in [2.75, 3.05) is 11.9 Å². The molecule has 0 atom stereocenters. The molecule has 2 heterocycles. The van der Waals surface area contributed by atoms with Crippen LogP contribution < -0.4 is 10.9 Å². The predicted octanol–water partition coefficient (Wildman–Crippen LogP) is 3.57. The molecule has 0 radical (unpaired) electrons. The summed E-state index contributed by atoms with van der Waals surface area (Å²) in [7, 11) is 1.73. The van der Waals surface area contributed by atoms with Crippen molar-refractivity contribution in [1.29, 1.82) is 0 Å². The van der Waals surface area contributed by atoms with Gasteiger partial charge in [0, 0.05) is 18.0 Å². The first kappa shape index (κ1) is 22.1. The first-order valence-electron chi connectivity index (χ1n) is 10.5. The average molecular weight is 447 g/mol. The fourth-order valence-corrected chi connectivity index (χ4v) is 3.77. The molecule has 0 bridgehead atoms. The number of carbonyl (C=O) groups is 2. The highest BCUT2D eigenvalue weighted by molar-refractivity contribution is 5.94. The first-order valence-corrected chi connectivity index (χ1v) is 10.5. The fraction of sp³-hybridized carbons (Fsp3) is 0.240. The highest BCUT2D eigenvalue weighted by atomic mass is 16.5. The number of hydrogen-bond acceptors (Lipinski definition) is 5. The van der Waals surface area contributed by atoms with Crippen LogP contribution in [0.2, 0.25) is 0 Å². The maximum absolute atomic E-state index is 12.9. The monoisotopic (exact) mass is 447 g/mol. The second kappa shape index (κ2) is 8.82. The van der Waals surface area contributed by atoms with Crippen LogP contribution >= 0.6 is 0 Å². The minimum absolute atomic E-state index is 0.0199. The smallest absolute Gasteiger partial charge is 0.310 e. The molecular formula is C25H25N3O5. The molecule has 8 nitrogen and oxygen atoms in total. The quantitative estimate of drug-likeness (QED) is 0.456. The summed E-state index contributed by atoms with van der Waals surface area (Å²) in [6, 6.07) is 13.0. The number of carbonyl (C=O) groups excluding carboxylic acids is 2. The van der Waals surface area contributed by atoms with Crippen LogP contribution in [0.15, 0.2) is 57.9 Å². The lowest BCUT2D eigenvalue weighted by molar-refractivity contribution is -0.146. The lowest BCUT2D eigenvalue weighted by Gasteiger charge is -2.07. The molecule has 0 saturated heterocycles. The molecule has 2 aromatic carbocycles. The number of amides is 1. The molecule has 8 heteroatoms. The molecule has 0 unspecified atom stereocenters. The number of nitrogens with zero attached hydrogens (tertiary/aromatic N) is 2. The van der Waals surface area contributed by atoms with E-state index in [1.807, 2.05) is 44.2 Å². The van der Waals surface area contributed by atoms with Gasteiger partial charge in [0.2, 0.25) is 0 Å². The second-order valence-electron chi connectivity index (χ2n) is 7.97. The summed E-state index contributed by atoms with van der Waals surface area (Å²) in [5.41, 5.74) is 4.60. The van der Waals surface area contributed by atoms with E-state index in [0.29, 0.717) is 16.9 Å². The van der Waals surface area contributed by atoms with E-state index in [0.717, 1.165) is 22.1 Å². The van der Waals surface area contributed by atoms with Gasteiger partial charge in [-0.2, -0.15) is 0 Å². The maximum atomic E-state index is 12.9. The summed E-state index contributed by atoms with van der Waals surface area (Å²) in [5, 5.41) is 3.43. The van der Waals surface area contributed by atoms with Crippen LogP contribution in [-0.2, 0) is 27.8 Å². The molecule has 1 amide bonds. The molecule has 0 aliphatic carbocycles. The van der Waals surface area contributed by atoms with Gasteiger partial charge in [-0.1, -0.05) is 30.3 Å². The van der Waals surface area contributed by atoms with Gasteiger partial charge in [0.05, 0.1) is 24.1 Å². The van der Waals surface area contributed by atoms with Crippen LogP contribution in [0.5, 0.6) is 0 Å². The second-order valence-corrected chi connectivity index (χ2v) is 7.97. The summed E-state index contributed by atoms with van der Waals surface area (Å²) >= 11 is 0. The van der Waals surface area contributed by atoms with Crippen molar-refractivity contribution in [3.63, 3.8) is 0 Å². The Balaban J connectivity index is 1.42. The Labute approximate surface area is 190 Å². The molecule has 2 aromatic heterocycles. The Morgan fingerprint density at radius 2 is 1.79 bits per heavy atom. The van der Waals surface area contributed by atoms with E-state index in [1.54, 1.807) is 30.8 Å². The van der Waals surface area contributed by atoms with Crippen molar-refractivity contribution >= 4 is 28.5 Å². The SMILES string of the molecule is Cc1ccc2c(CC(=O)OCC(=O)Nc3c(C)n(C)n(-c4ccccc4)c3=O)coc2c1C. The molecule has 0 aliphatic rings. The predicted molar refractivity (Wildman–Crippen MR) is 125 cm³/mol. The Morgan fingerprint density at radius 1 is 1.06 bits per heavy atom. The Bertz CT molecular complexity index is 1410. The number of aryl methyl sites for hydroxylation is 2. The van der Waals surface area contributed by atoms with Crippen LogP contribution in [0, 0.1) is 20.8 Å². The summed E-state index contributed by atoms with van der Waals surface area (Å²) < 4.78 is 13.9. The topological polar surface area (TPSA) is 95.5 Å². The van der Waals surface area contributed by atoms with E-state index in [2.05, 4.69) is 5.32 Å². The van der Waals surface area contributed by atoms with E-state index in [9.17, 15) is 14.4 Å². The van der Waals surface area contributed by atoms with E-state index < -0.39 is 18.5 Å². The van der Waals surface area contributed by atoms with E-state index in [-0.39, 0.29) is 17.7 Å². The maximum Gasteiger partial charge on any atom is 0.310 e. The zero-order valence-corrected chi connectivity index (χ0v) is 19.0. The summed E-state index contributed by atoms with van der Waals surface area (Å²) in [6.07, 6.45) is 1.52. The Hall–Kier alpha value is -4.07. The molecule has 0 spiro atoms. The molecule has 0 aliphatic heterocycles. The number of rotatable bonds is 6. The molecule has 33 heavy (non-hydrogen) atoms. The molecular weight excluding hydrogens is 422 g/mol. The zero-order chi connectivity index (χ0) is 23.7. The number of aromatic nitrogens is 2. The largest absolute Gasteiger partial charge is 0.464 e. The van der Waals surface area contributed by atoms with Crippen LogP contribution in [-0.4, -0.2) is 27.8 Å². The number of anilines is 1. The van der Waals surface area contributed by atoms with Gasteiger partial charge >= 0.3 is 5.97 Å². The fourth-order valence-electron chi connectivity index (χ4n) is 3.77. The molecule has 0 saturated carbocycles. The van der Waals surface area contributed by atoms with Gasteiger partial charge in [-0.05, 0) is 44.0 Å². The van der Waals surface area contributed by atoms with Gasteiger partial charge in [0.1, 0.15) is 11.3 Å². The van der Waals surface area contributed by atoms with Crippen molar-refractivity contribution in [2.45, 2.75) is 27.2 Å². The third-order valence-corrected chi connectivity index (χ3v) is 5.86. The Kier molecular flexibility index (Phi) is 5.91. The van der Waals surface area contributed by atoms with Crippen LogP contribution in [0.3, 0.4) is 0 Å². The van der Waals surface area contributed by atoms with E-state index >= 15 is 0 Å². The van der Waals surface area contributed by atoms with Gasteiger partial charge in [-0.15, -0.1) is 0 Å². The van der Waals surface area contributed by atoms with Crippen molar-refractivity contribution < 1.29 is 18.7 Å². The number of furan rings is 1. The van der Waals surface area contributed by atoms with Crippen LogP contribution in [0.25, 0.3) is 16.7 Å². The molecule has 170 valence electrons. The van der Waals surface area contributed by atoms with Gasteiger partial charge < -0.3 is 14.5 Å². The lowest BCUT2D eigenvalue weighted by atomic mass is 10.0. The van der Waals surface area contributed by atoms with Crippen molar-refractivity contribution in [3.8, 4) is 5.69 Å². The van der Waals surface area contributed by atoms with Gasteiger partial charge in [-0.3, -0.25) is 19.1 Å². The number of ether oxygens (including phenoxy) is 1. The molecule has 4 rings (SSSR count). The van der Waals surface area contributed by atoms with Crippen LogP contribution in [0.4, 0.5) is 5.69 Å². The normalized spacial score (nSPS) is 11.0. The Morgan fingerprint density at radius 3 is 2.52 bits per heavy atom. The molecule has 0 fully saturated rings.